The number of hydrogen-bond acceptors (Lipinski definition) is 9. The Morgan fingerprint density at radius 2 is 1.57 bits per heavy atom. The van der Waals surface area contributed by atoms with Crippen LogP contribution in [0.2, 0.25) is 0 Å². The molecule has 0 aromatic carbocycles. The van der Waals surface area contributed by atoms with Gasteiger partial charge in [-0.3, -0.25) is 19.2 Å². The zero-order valence-electron chi connectivity index (χ0n) is 16.7. The fourth-order valence-electron chi connectivity index (χ4n) is 2.19. The quantitative estimate of drug-likeness (QED) is 0.127. The van der Waals surface area contributed by atoms with Crippen molar-refractivity contribution in [1.82, 2.24) is 16.0 Å². The van der Waals surface area contributed by atoms with Gasteiger partial charge in [0, 0.05) is 0 Å². The maximum absolute atomic E-state index is 12.6. The highest BCUT2D eigenvalue weighted by atomic mass is 32.2. The van der Waals surface area contributed by atoms with E-state index in [2.05, 4.69) is 10.6 Å². The number of primary amides is 1. The number of aliphatic hydroxyl groups is 2. The first kappa shape index (κ1) is 27.6. The normalized spacial score (nSPS) is 15.8. The molecule has 0 heterocycles. The summed E-state index contributed by atoms with van der Waals surface area (Å²) in [5.41, 5.74) is 10.4. The fourth-order valence-corrected chi connectivity index (χ4v) is 2.66. The van der Waals surface area contributed by atoms with Crippen molar-refractivity contribution in [2.45, 2.75) is 50.0 Å². The molecule has 0 spiro atoms. The Bertz CT molecular complexity index is 633. The Hall–Kier alpha value is -2.42. The summed E-state index contributed by atoms with van der Waals surface area (Å²) in [5.74, 6) is -4.72. The van der Waals surface area contributed by atoms with Crippen molar-refractivity contribution in [1.29, 1.82) is 0 Å². The van der Waals surface area contributed by atoms with E-state index in [1.54, 1.807) is 6.26 Å². The van der Waals surface area contributed by atoms with Crippen LogP contribution in [0.5, 0.6) is 0 Å². The Morgan fingerprint density at radius 3 is 2.00 bits per heavy atom. The number of nitrogens with two attached hydrogens (primary N) is 2. The number of aliphatic hydroxyl groups excluding tert-OH is 2. The van der Waals surface area contributed by atoms with Crippen molar-refractivity contribution in [3.8, 4) is 0 Å². The van der Waals surface area contributed by atoms with Gasteiger partial charge in [0.15, 0.2) is 0 Å². The molecule has 0 radical (unpaired) electrons. The molecule has 0 aliphatic heterocycles. The smallest absolute Gasteiger partial charge is 0.326 e. The van der Waals surface area contributed by atoms with Crippen molar-refractivity contribution >= 4 is 41.4 Å². The number of carbonyl (C=O) groups excluding carboxylic acids is 4. The van der Waals surface area contributed by atoms with Gasteiger partial charge < -0.3 is 42.7 Å². The summed E-state index contributed by atoms with van der Waals surface area (Å²) in [6.45, 7) is 0.545. The van der Waals surface area contributed by atoms with E-state index in [1.807, 2.05) is 5.32 Å². The summed E-state index contributed by atoms with van der Waals surface area (Å²) >= 11 is 1.39. The van der Waals surface area contributed by atoms with Gasteiger partial charge in [0.1, 0.15) is 24.2 Å². The third kappa shape index (κ3) is 9.87. The Balaban J connectivity index is 5.35. The Labute approximate surface area is 177 Å². The molecule has 172 valence electrons. The van der Waals surface area contributed by atoms with Gasteiger partial charge in [0.2, 0.25) is 23.6 Å². The molecule has 5 atom stereocenters. The minimum Gasteiger partial charge on any atom is -0.480 e. The predicted molar refractivity (Wildman–Crippen MR) is 107 cm³/mol. The molecule has 0 bridgehead atoms. The lowest BCUT2D eigenvalue weighted by molar-refractivity contribution is -0.144. The van der Waals surface area contributed by atoms with E-state index in [9.17, 15) is 29.1 Å². The van der Waals surface area contributed by atoms with E-state index in [-0.39, 0.29) is 6.42 Å². The number of thioether (sulfide) groups is 1. The lowest BCUT2D eigenvalue weighted by Crippen LogP contribution is -2.60. The van der Waals surface area contributed by atoms with E-state index in [1.165, 1.54) is 18.7 Å². The lowest BCUT2D eigenvalue weighted by atomic mass is 10.1. The number of rotatable bonds is 14. The SMILES string of the molecule is CSCCC(NC(=O)C(N)CO)C(=O)NC(C(=O)NC(CC(N)=O)C(=O)O)C(C)O. The average Bonchev–Trinajstić information content (AvgIpc) is 2.66. The average molecular weight is 452 g/mol. The summed E-state index contributed by atoms with van der Waals surface area (Å²) in [4.78, 5) is 59.0. The molecule has 0 fully saturated rings. The minimum absolute atomic E-state index is 0.157. The van der Waals surface area contributed by atoms with Gasteiger partial charge in [-0.05, 0) is 25.4 Å². The first-order valence-electron chi connectivity index (χ1n) is 8.90. The third-order valence-corrected chi connectivity index (χ3v) is 4.50. The summed E-state index contributed by atoms with van der Waals surface area (Å²) in [6, 6.07) is -5.61. The standard InChI is InChI=1S/C16H29N5O8S/c1-7(23)12(15(27)20-10(16(28)29)5-11(18)24)21-14(26)9(3-4-30-2)19-13(25)8(17)6-22/h7-10,12,22-23H,3-6,17H2,1-2H3,(H2,18,24)(H,19,25)(H,20,27)(H,21,26)(H,28,29). The van der Waals surface area contributed by atoms with Crippen LogP contribution >= 0.6 is 11.8 Å². The van der Waals surface area contributed by atoms with Crippen LogP contribution in [0, 0.1) is 0 Å². The second kappa shape index (κ2) is 13.7. The summed E-state index contributed by atoms with van der Waals surface area (Å²) in [6.07, 6.45) is -0.196. The Morgan fingerprint density at radius 1 is 1.00 bits per heavy atom. The monoisotopic (exact) mass is 451 g/mol. The molecule has 0 aromatic rings. The second-order valence-electron chi connectivity index (χ2n) is 6.43. The van der Waals surface area contributed by atoms with Crippen molar-refractivity contribution in [2.75, 3.05) is 18.6 Å². The number of hydrogen-bond donors (Lipinski definition) is 8. The van der Waals surface area contributed by atoms with Crippen LogP contribution in [0.4, 0.5) is 0 Å². The van der Waals surface area contributed by atoms with Gasteiger partial charge in [-0.1, -0.05) is 0 Å². The predicted octanol–water partition coefficient (Wildman–Crippen LogP) is -4.15. The van der Waals surface area contributed by atoms with Crippen LogP contribution < -0.4 is 27.4 Å². The molecule has 0 aromatic heterocycles. The van der Waals surface area contributed by atoms with E-state index in [0.717, 1.165) is 0 Å². The van der Waals surface area contributed by atoms with Crippen LogP contribution in [-0.4, -0.2) is 93.8 Å². The van der Waals surface area contributed by atoms with Crippen molar-refractivity contribution in [3.63, 3.8) is 0 Å². The van der Waals surface area contributed by atoms with E-state index in [0.29, 0.717) is 5.75 Å². The summed E-state index contributed by atoms with van der Waals surface area (Å²) in [7, 11) is 0. The second-order valence-corrected chi connectivity index (χ2v) is 7.41. The number of carboxylic acid groups (broad SMARTS) is 1. The molecule has 0 aliphatic carbocycles. The van der Waals surface area contributed by atoms with Gasteiger partial charge in [0.05, 0.1) is 19.1 Å². The van der Waals surface area contributed by atoms with Crippen LogP contribution in [-0.2, 0) is 24.0 Å². The maximum atomic E-state index is 12.6. The van der Waals surface area contributed by atoms with Crippen molar-refractivity contribution in [3.05, 3.63) is 0 Å². The van der Waals surface area contributed by atoms with Gasteiger partial charge in [-0.15, -0.1) is 0 Å². The topological polar surface area (TPSA) is 234 Å². The first-order valence-corrected chi connectivity index (χ1v) is 10.3. The highest BCUT2D eigenvalue weighted by Crippen LogP contribution is 2.04. The van der Waals surface area contributed by atoms with E-state index in [4.69, 9.17) is 21.7 Å². The van der Waals surface area contributed by atoms with Gasteiger partial charge in [-0.2, -0.15) is 11.8 Å². The number of carbonyl (C=O) groups is 5. The molecule has 30 heavy (non-hydrogen) atoms. The molecular weight excluding hydrogens is 422 g/mol. The molecule has 13 nitrogen and oxygen atoms in total. The zero-order valence-corrected chi connectivity index (χ0v) is 17.5. The van der Waals surface area contributed by atoms with Gasteiger partial charge in [-0.25, -0.2) is 4.79 Å². The highest BCUT2D eigenvalue weighted by molar-refractivity contribution is 7.98. The molecule has 14 heteroatoms. The third-order valence-electron chi connectivity index (χ3n) is 3.86. The summed E-state index contributed by atoms with van der Waals surface area (Å²) < 4.78 is 0. The Kier molecular flexibility index (Phi) is 12.6. The van der Waals surface area contributed by atoms with Crippen LogP contribution in [0.25, 0.3) is 0 Å². The first-order chi connectivity index (χ1) is 13.9. The van der Waals surface area contributed by atoms with Gasteiger partial charge in [0.25, 0.3) is 0 Å². The number of nitrogens with one attached hydrogen (secondary N) is 3. The molecule has 0 saturated carbocycles. The highest BCUT2D eigenvalue weighted by Gasteiger charge is 2.33. The molecule has 0 saturated heterocycles. The largest absolute Gasteiger partial charge is 0.480 e. The van der Waals surface area contributed by atoms with Crippen molar-refractivity contribution < 1.29 is 39.3 Å². The fraction of sp³-hybridized carbons (Fsp3) is 0.688. The molecule has 5 unspecified atom stereocenters. The number of carboxylic acids is 1. The van der Waals surface area contributed by atoms with E-state index >= 15 is 0 Å². The molecule has 0 rings (SSSR count). The van der Waals surface area contributed by atoms with Crippen LogP contribution in [0.1, 0.15) is 19.8 Å². The van der Waals surface area contributed by atoms with Crippen LogP contribution in [0.15, 0.2) is 0 Å². The molecule has 10 N–H and O–H groups in total. The van der Waals surface area contributed by atoms with Crippen molar-refractivity contribution in [2.24, 2.45) is 11.5 Å². The molecular formula is C16H29N5O8S. The number of aliphatic carboxylic acids is 1. The number of amides is 4. The minimum atomic E-state index is -1.65. The van der Waals surface area contributed by atoms with Gasteiger partial charge >= 0.3 is 5.97 Å². The zero-order chi connectivity index (χ0) is 23.4. The maximum Gasteiger partial charge on any atom is 0.326 e. The summed E-state index contributed by atoms with van der Waals surface area (Å²) in [5, 5.41) is 34.5. The lowest BCUT2D eigenvalue weighted by Gasteiger charge is -2.26. The van der Waals surface area contributed by atoms with E-state index < -0.39 is 72.9 Å². The van der Waals surface area contributed by atoms with Crippen LogP contribution in [0.3, 0.4) is 0 Å². The molecule has 0 aliphatic rings. The molecule has 4 amide bonds.